The molecular formula is C30H31N5O2. The van der Waals surface area contributed by atoms with E-state index in [1.165, 1.54) is 5.69 Å². The highest BCUT2D eigenvalue weighted by atomic mass is 16.5. The van der Waals surface area contributed by atoms with E-state index in [0.29, 0.717) is 24.5 Å². The maximum atomic E-state index is 9.84. The van der Waals surface area contributed by atoms with Gasteiger partial charge in [0.15, 0.2) is 0 Å². The molecular weight excluding hydrogens is 462 g/mol. The van der Waals surface area contributed by atoms with E-state index < -0.39 is 0 Å². The van der Waals surface area contributed by atoms with Crippen LogP contribution in [0.1, 0.15) is 18.4 Å². The highest BCUT2D eigenvalue weighted by Gasteiger charge is 2.19. The molecule has 0 atom stereocenters. The summed E-state index contributed by atoms with van der Waals surface area (Å²) in [6, 6.07) is 21.1. The summed E-state index contributed by atoms with van der Waals surface area (Å²) in [5.74, 6) is 0.638. The first kappa shape index (κ1) is 23.5. The number of nitriles is 1. The predicted octanol–water partition coefficient (Wildman–Crippen LogP) is 5.08. The summed E-state index contributed by atoms with van der Waals surface area (Å²) in [7, 11) is 2.18. The summed E-state index contributed by atoms with van der Waals surface area (Å²) in [4.78, 5) is 12.9. The molecule has 4 aromatic rings. The summed E-state index contributed by atoms with van der Waals surface area (Å²) < 4.78 is 11.6. The van der Waals surface area contributed by atoms with E-state index in [1.807, 2.05) is 30.5 Å². The fourth-order valence-corrected chi connectivity index (χ4v) is 5.21. The third-order valence-corrected chi connectivity index (χ3v) is 7.45. The molecule has 2 aliphatic rings. The molecule has 2 aromatic carbocycles. The third kappa shape index (κ3) is 4.91. The van der Waals surface area contributed by atoms with Crippen LogP contribution in [0.3, 0.4) is 0 Å². The molecule has 0 saturated carbocycles. The molecule has 6 rings (SSSR count). The van der Waals surface area contributed by atoms with Gasteiger partial charge in [0.2, 0.25) is 0 Å². The molecule has 0 radical (unpaired) electrons. The van der Waals surface area contributed by atoms with E-state index in [4.69, 9.17) is 9.47 Å². The number of H-pyrrole nitrogens is 1. The summed E-state index contributed by atoms with van der Waals surface area (Å²) in [6.07, 6.45) is 3.60. The van der Waals surface area contributed by atoms with Gasteiger partial charge in [-0.15, -0.1) is 0 Å². The number of hydrogen-bond donors (Lipinski definition) is 1. The van der Waals surface area contributed by atoms with Gasteiger partial charge in [-0.3, -0.25) is 0 Å². The summed E-state index contributed by atoms with van der Waals surface area (Å²) in [5.41, 5.74) is 6.80. The standard InChI is InChI=1S/C30H31N5O2/c1-34-12-14-35(15-13-34)24-5-2-21(3-6-24)28-19-27-26(8-11-32-30(27)33-28)22-4-7-29(23(18-22)20-31)37-25-9-16-36-17-10-25/h2-8,11,18-19,25H,9-10,12-17H2,1H3,(H,32,33). The van der Waals surface area contributed by atoms with Crippen molar-refractivity contribution in [2.45, 2.75) is 18.9 Å². The zero-order valence-electron chi connectivity index (χ0n) is 21.1. The van der Waals surface area contributed by atoms with Crippen molar-refractivity contribution in [2.75, 3.05) is 51.3 Å². The minimum absolute atomic E-state index is 0.0919. The number of piperazine rings is 1. The van der Waals surface area contributed by atoms with Crippen LogP contribution in [0.25, 0.3) is 33.4 Å². The number of rotatable bonds is 5. The molecule has 7 nitrogen and oxygen atoms in total. The maximum absolute atomic E-state index is 9.84. The van der Waals surface area contributed by atoms with Gasteiger partial charge in [0, 0.05) is 62.0 Å². The lowest BCUT2D eigenvalue weighted by molar-refractivity contribution is 0.0254. The molecule has 37 heavy (non-hydrogen) atoms. The number of fused-ring (bicyclic) bond motifs is 1. The van der Waals surface area contributed by atoms with Crippen LogP contribution in [0, 0.1) is 11.3 Å². The van der Waals surface area contributed by atoms with Crippen molar-refractivity contribution in [3.63, 3.8) is 0 Å². The van der Waals surface area contributed by atoms with Crippen LogP contribution in [0.2, 0.25) is 0 Å². The van der Waals surface area contributed by atoms with Crippen LogP contribution in [-0.4, -0.2) is 67.4 Å². The summed E-state index contributed by atoms with van der Waals surface area (Å²) in [5, 5.41) is 10.9. The van der Waals surface area contributed by atoms with Gasteiger partial charge in [0.05, 0.1) is 18.8 Å². The van der Waals surface area contributed by atoms with Crippen LogP contribution >= 0.6 is 0 Å². The summed E-state index contributed by atoms with van der Waals surface area (Å²) in [6.45, 7) is 5.70. The number of hydrogen-bond acceptors (Lipinski definition) is 6. The molecule has 2 fully saturated rings. The first-order valence-corrected chi connectivity index (χ1v) is 13.0. The number of anilines is 1. The Morgan fingerprint density at radius 2 is 1.73 bits per heavy atom. The Bertz CT molecular complexity index is 1420. The second-order valence-corrected chi connectivity index (χ2v) is 9.89. The van der Waals surface area contributed by atoms with Gasteiger partial charge in [-0.1, -0.05) is 18.2 Å². The van der Waals surface area contributed by atoms with Crippen LogP contribution < -0.4 is 9.64 Å². The molecule has 2 saturated heterocycles. The molecule has 7 heteroatoms. The van der Waals surface area contributed by atoms with E-state index in [1.54, 1.807) is 0 Å². The lowest BCUT2D eigenvalue weighted by Crippen LogP contribution is -2.44. The Hall–Kier alpha value is -3.86. The fourth-order valence-electron chi connectivity index (χ4n) is 5.21. The Kier molecular flexibility index (Phi) is 6.52. The van der Waals surface area contributed by atoms with Crippen molar-refractivity contribution in [3.05, 3.63) is 66.4 Å². The van der Waals surface area contributed by atoms with Crippen LogP contribution in [-0.2, 0) is 4.74 Å². The SMILES string of the molecule is CN1CCN(c2ccc(-c3cc4c(-c5ccc(OC6CCOCC6)c(C#N)c5)ccnc4[nH]3)cc2)CC1. The molecule has 0 unspecified atom stereocenters. The quantitative estimate of drug-likeness (QED) is 0.418. The predicted molar refractivity (Wildman–Crippen MR) is 146 cm³/mol. The number of nitrogens with one attached hydrogen (secondary N) is 1. The highest BCUT2D eigenvalue weighted by molar-refractivity contribution is 5.96. The van der Waals surface area contributed by atoms with Gasteiger partial charge in [-0.2, -0.15) is 5.26 Å². The number of aromatic nitrogens is 2. The molecule has 4 heterocycles. The number of ether oxygens (including phenoxy) is 2. The van der Waals surface area contributed by atoms with E-state index >= 15 is 0 Å². The monoisotopic (exact) mass is 493 g/mol. The largest absolute Gasteiger partial charge is 0.489 e. The zero-order valence-corrected chi connectivity index (χ0v) is 21.1. The van der Waals surface area contributed by atoms with E-state index in [2.05, 4.69) is 63.2 Å². The highest BCUT2D eigenvalue weighted by Crippen LogP contribution is 2.34. The molecule has 2 aliphatic heterocycles. The normalized spacial score (nSPS) is 17.1. The molecule has 0 amide bonds. The smallest absolute Gasteiger partial charge is 0.138 e. The number of pyridine rings is 1. The lowest BCUT2D eigenvalue weighted by Gasteiger charge is -2.34. The Labute approximate surface area is 217 Å². The van der Waals surface area contributed by atoms with Crippen molar-refractivity contribution in [2.24, 2.45) is 0 Å². The van der Waals surface area contributed by atoms with Crippen LogP contribution in [0.15, 0.2) is 60.8 Å². The van der Waals surface area contributed by atoms with E-state index in [-0.39, 0.29) is 6.10 Å². The number of aromatic amines is 1. The Balaban J connectivity index is 1.27. The lowest BCUT2D eigenvalue weighted by atomic mass is 10.0. The molecule has 0 aliphatic carbocycles. The van der Waals surface area contributed by atoms with Crippen LogP contribution in [0.5, 0.6) is 5.75 Å². The second kappa shape index (κ2) is 10.3. The van der Waals surface area contributed by atoms with Crippen molar-refractivity contribution in [1.82, 2.24) is 14.9 Å². The van der Waals surface area contributed by atoms with Gasteiger partial charge in [0.1, 0.15) is 23.6 Å². The fraction of sp³-hybridized carbons (Fsp3) is 0.333. The van der Waals surface area contributed by atoms with Crippen molar-refractivity contribution in [3.8, 4) is 34.2 Å². The van der Waals surface area contributed by atoms with Crippen molar-refractivity contribution in [1.29, 1.82) is 5.26 Å². The molecule has 2 aromatic heterocycles. The zero-order chi connectivity index (χ0) is 25.2. The first-order chi connectivity index (χ1) is 18.2. The minimum atomic E-state index is 0.0919. The van der Waals surface area contributed by atoms with Gasteiger partial charge in [-0.25, -0.2) is 4.98 Å². The van der Waals surface area contributed by atoms with Gasteiger partial charge < -0.3 is 24.3 Å². The first-order valence-electron chi connectivity index (χ1n) is 13.0. The van der Waals surface area contributed by atoms with Crippen molar-refractivity contribution >= 4 is 16.7 Å². The van der Waals surface area contributed by atoms with Crippen molar-refractivity contribution < 1.29 is 9.47 Å². The average molecular weight is 494 g/mol. The molecule has 0 spiro atoms. The number of nitrogens with zero attached hydrogens (tertiary/aromatic N) is 4. The second-order valence-electron chi connectivity index (χ2n) is 9.89. The van der Waals surface area contributed by atoms with Gasteiger partial charge in [0.25, 0.3) is 0 Å². The minimum Gasteiger partial charge on any atom is -0.489 e. The van der Waals surface area contributed by atoms with Gasteiger partial charge >= 0.3 is 0 Å². The Morgan fingerprint density at radius 1 is 0.973 bits per heavy atom. The van der Waals surface area contributed by atoms with Gasteiger partial charge in [-0.05, 0) is 60.1 Å². The average Bonchev–Trinajstić information content (AvgIpc) is 3.39. The number of likely N-dealkylation sites (N-methyl/N-ethyl adjacent to an activating group) is 1. The number of benzene rings is 2. The van der Waals surface area contributed by atoms with Crippen LogP contribution in [0.4, 0.5) is 5.69 Å². The van der Waals surface area contributed by atoms with E-state index in [0.717, 1.165) is 72.4 Å². The molecule has 188 valence electrons. The van der Waals surface area contributed by atoms with E-state index in [9.17, 15) is 5.26 Å². The molecule has 1 N–H and O–H groups in total. The maximum Gasteiger partial charge on any atom is 0.138 e. The third-order valence-electron chi connectivity index (χ3n) is 7.45. The topological polar surface area (TPSA) is 77.4 Å². The summed E-state index contributed by atoms with van der Waals surface area (Å²) >= 11 is 0. The molecule has 0 bridgehead atoms. The Morgan fingerprint density at radius 3 is 2.49 bits per heavy atom.